The van der Waals surface area contributed by atoms with Gasteiger partial charge < -0.3 is 9.80 Å². The lowest BCUT2D eigenvalue weighted by atomic mass is 9.81. The maximum Gasteiger partial charge on any atom is 0.0540 e. The Morgan fingerprint density at radius 1 is 0.200 bits per heavy atom. The molecule has 0 aliphatic carbocycles. The molecule has 2 nitrogen and oxygen atoms in total. The van der Waals surface area contributed by atoms with Crippen molar-refractivity contribution in [3.05, 3.63) is 287 Å². The zero-order valence-corrected chi connectivity index (χ0v) is 45.3. The van der Waals surface area contributed by atoms with E-state index >= 15 is 0 Å². The molecule has 0 aliphatic heterocycles. The van der Waals surface area contributed by atoms with Crippen LogP contribution in [0.4, 0.5) is 34.1 Å². The van der Waals surface area contributed by atoms with Gasteiger partial charge in [-0.15, -0.1) is 0 Å². The maximum absolute atomic E-state index is 2.44. The van der Waals surface area contributed by atoms with Crippen LogP contribution in [-0.4, -0.2) is 0 Å². The molecular formula is C78H56N2. The smallest absolute Gasteiger partial charge is 0.0540 e. The first kappa shape index (κ1) is 47.2. The van der Waals surface area contributed by atoms with E-state index in [-0.39, 0.29) is 0 Å². The zero-order valence-electron chi connectivity index (χ0n) is 45.3. The van der Waals surface area contributed by atoms with Gasteiger partial charge >= 0.3 is 0 Å². The number of aryl methyl sites for hydroxylation is 4. The highest BCUT2D eigenvalue weighted by Gasteiger charge is 2.26. The minimum Gasteiger partial charge on any atom is -0.310 e. The molecule has 0 N–H and O–H groups in total. The Balaban J connectivity index is 0.920. The fourth-order valence-corrected chi connectivity index (χ4v) is 12.8. The summed E-state index contributed by atoms with van der Waals surface area (Å²) >= 11 is 0. The second-order valence-electron chi connectivity index (χ2n) is 21.9. The number of rotatable bonds is 10. The van der Waals surface area contributed by atoms with E-state index in [2.05, 4.69) is 304 Å². The summed E-state index contributed by atoms with van der Waals surface area (Å²) in [6.45, 7) is 8.58. The van der Waals surface area contributed by atoms with E-state index < -0.39 is 0 Å². The van der Waals surface area contributed by atoms with Gasteiger partial charge in [0.05, 0.1) is 11.4 Å². The Morgan fingerprint density at radius 2 is 0.425 bits per heavy atom. The minimum atomic E-state index is 1.11. The van der Waals surface area contributed by atoms with Gasteiger partial charge in [0.1, 0.15) is 0 Å². The standard InChI is InChI=1S/C78H56N2/c1-49-17-25-53(26-18-49)29-31-55-33-41-59(42-34-55)79(57-37-21-51(3)22-38-57)71-47-45-69-73-61(9-5-13-65(71)73)63-11-7-16-68-75(63)77(69)67-15-8-12-64-62-10-6-14-66-72(48-46-70(74(62)66)78(68)76(64)67)80(58-39-23-52(4)24-40-58)60-43-35-56(36-44-60)32-30-54-27-19-50(2)20-28-54/h5-48H,1-4H3/b31-29+,32-30+. The van der Waals surface area contributed by atoms with Gasteiger partial charge in [0.2, 0.25) is 0 Å². The van der Waals surface area contributed by atoms with Crippen molar-refractivity contribution in [2.75, 3.05) is 9.80 Å². The summed E-state index contributed by atoms with van der Waals surface area (Å²) < 4.78 is 0. The molecule has 0 spiro atoms. The van der Waals surface area contributed by atoms with Gasteiger partial charge in [0, 0.05) is 33.5 Å². The molecule has 15 aromatic carbocycles. The van der Waals surface area contributed by atoms with E-state index in [0.717, 1.165) is 45.3 Å². The fraction of sp³-hybridized carbons (Fsp3) is 0.0513. The van der Waals surface area contributed by atoms with Gasteiger partial charge in [-0.2, -0.15) is 0 Å². The molecule has 0 bridgehead atoms. The molecule has 0 atom stereocenters. The van der Waals surface area contributed by atoms with Crippen molar-refractivity contribution in [2.45, 2.75) is 27.7 Å². The fourth-order valence-electron chi connectivity index (χ4n) is 12.8. The zero-order chi connectivity index (χ0) is 53.6. The predicted molar refractivity (Wildman–Crippen MR) is 348 cm³/mol. The normalized spacial score (nSPS) is 12.2. The largest absolute Gasteiger partial charge is 0.310 e. The van der Waals surface area contributed by atoms with E-state index in [0.29, 0.717) is 0 Å². The van der Waals surface area contributed by atoms with Crippen molar-refractivity contribution in [1.29, 1.82) is 0 Å². The lowest BCUT2D eigenvalue weighted by Gasteiger charge is -2.29. The highest BCUT2D eigenvalue weighted by molar-refractivity contribution is 6.48. The first-order chi connectivity index (χ1) is 39.3. The van der Waals surface area contributed by atoms with Crippen molar-refractivity contribution >= 4 is 145 Å². The number of hydrogen-bond acceptors (Lipinski definition) is 2. The Morgan fingerprint density at radius 3 is 0.750 bits per heavy atom. The molecule has 80 heavy (non-hydrogen) atoms. The average Bonchev–Trinajstić information content (AvgIpc) is 3.68. The minimum absolute atomic E-state index is 1.11. The highest BCUT2D eigenvalue weighted by atomic mass is 15.1. The molecule has 378 valence electrons. The highest BCUT2D eigenvalue weighted by Crippen LogP contribution is 2.53. The number of fused-ring (bicyclic) bond motifs is 6. The molecular weight excluding hydrogens is 965 g/mol. The van der Waals surface area contributed by atoms with Crippen molar-refractivity contribution in [3.63, 3.8) is 0 Å². The van der Waals surface area contributed by atoms with Crippen LogP contribution in [0.2, 0.25) is 0 Å². The van der Waals surface area contributed by atoms with Crippen LogP contribution in [0.25, 0.3) is 110 Å². The van der Waals surface area contributed by atoms with Crippen LogP contribution in [-0.2, 0) is 0 Å². The van der Waals surface area contributed by atoms with Crippen LogP contribution in [0.5, 0.6) is 0 Å². The summed E-state index contributed by atoms with van der Waals surface area (Å²) in [5.41, 5.74) is 16.5. The molecule has 15 rings (SSSR count). The lowest BCUT2D eigenvalue weighted by Crippen LogP contribution is -2.10. The summed E-state index contributed by atoms with van der Waals surface area (Å²) in [7, 11) is 0. The van der Waals surface area contributed by atoms with E-state index in [4.69, 9.17) is 0 Å². The molecule has 0 saturated heterocycles. The summed E-state index contributed by atoms with van der Waals surface area (Å²) in [5, 5.41) is 20.5. The summed E-state index contributed by atoms with van der Waals surface area (Å²) in [6.07, 6.45) is 8.79. The van der Waals surface area contributed by atoms with Gasteiger partial charge in [0.15, 0.2) is 0 Å². The van der Waals surface area contributed by atoms with Gasteiger partial charge in [-0.1, -0.05) is 229 Å². The molecule has 0 fully saturated rings. The van der Waals surface area contributed by atoms with Gasteiger partial charge in [-0.25, -0.2) is 0 Å². The van der Waals surface area contributed by atoms with Crippen LogP contribution in [0.1, 0.15) is 44.5 Å². The summed E-state index contributed by atoms with van der Waals surface area (Å²) in [4.78, 5) is 4.88. The van der Waals surface area contributed by atoms with Crippen LogP contribution in [0, 0.1) is 27.7 Å². The van der Waals surface area contributed by atoms with Crippen LogP contribution in [0.15, 0.2) is 243 Å². The lowest BCUT2D eigenvalue weighted by molar-refractivity contribution is 1.29. The van der Waals surface area contributed by atoms with E-state index in [1.165, 1.54) is 120 Å². The molecule has 0 unspecified atom stereocenters. The van der Waals surface area contributed by atoms with Crippen molar-refractivity contribution in [2.24, 2.45) is 0 Å². The molecule has 2 heteroatoms. The molecule has 0 heterocycles. The first-order valence-electron chi connectivity index (χ1n) is 27.9. The molecule has 0 radical (unpaired) electrons. The third-order valence-electron chi connectivity index (χ3n) is 16.8. The molecule has 0 amide bonds. The van der Waals surface area contributed by atoms with E-state index in [1.807, 2.05) is 0 Å². The van der Waals surface area contributed by atoms with Crippen molar-refractivity contribution in [1.82, 2.24) is 0 Å². The van der Waals surface area contributed by atoms with E-state index in [1.54, 1.807) is 0 Å². The van der Waals surface area contributed by atoms with Crippen LogP contribution in [0.3, 0.4) is 0 Å². The molecule has 0 saturated carbocycles. The van der Waals surface area contributed by atoms with Crippen molar-refractivity contribution < 1.29 is 0 Å². The quantitative estimate of drug-likeness (QED) is 0.0765. The summed E-state index contributed by atoms with van der Waals surface area (Å²) in [6, 6.07) is 90.8. The summed E-state index contributed by atoms with van der Waals surface area (Å²) in [5.74, 6) is 0. The Hall–Kier alpha value is -10.0. The Bertz CT molecular complexity index is 4600. The Kier molecular flexibility index (Phi) is 11.1. The number of hydrogen-bond donors (Lipinski definition) is 0. The monoisotopic (exact) mass is 1020 g/mol. The molecule has 0 aliphatic rings. The third kappa shape index (κ3) is 7.78. The molecule has 15 aromatic rings. The van der Waals surface area contributed by atoms with Gasteiger partial charge in [-0.3, -0.25) is 0 Å². The first-order valence-corrected chi connectivity index (χ1v) is 27.9. The van der Waals surface area contributed by atoms with Gasteiger partial charge in [0.25, 0.3) is 0 Å². The number of nitrogens with zero attached hydrogens (tertiary/aromatic N) is 2. The number of benzene rings is 15. The van der Waals surface area contributed by atoms with Crippen LogP contribution >= 0.6 is 0 Å². The predicted octanol–water partition coefficient (Wildman–Crippen LogP) is 22.3. The second-order valence-corrected chi connectivity index (χ2v) is 21.9. The van der Waals surface area contributed by atoms with Gasteiger partial charge in [-0.05, 0) is 186 Å². The molecule has 0 aromatic heterocycles. The maximum atomic E-state index is 2.44. The van der Waals surface area contributed by atoms with E-state index in [9.17, 15) is 0 Å². The van der Waals surface area contributed by atoms with Crippen LogP contribution < -0.4 is 9.80 Å². The topological polar surface area (TPSA) is 6.48 Å². The average molecular weight is 1020 g/mol. The Labute approximate surface area is 466 Å². The second kappa shape index (κ2) is 18.9. The third-order valence-corrected chi connectivity index (χ3v) is 16.8. The van der Waals surface area contributed by atoms with Crippen molar-refractivity contribution in [3.8, 4) is 0 Å². The SMILES string of the molecule is Cc1ccc(/C=C/c2ccc(N(c3ccc(C)cc3)c3ccc4c5c3cccc5c3cccc5c3c4c3cccc4c6cccc7c(N(c8ccc(C)cc8)c8ccc(/C=C/c9ccc(C)cc9)cc8)ccc(c76)c5c43)cc2)cc1. The number of anilines is 6.